The molecule has 7 nitrogen and oxygen atoms in total. The second-order valence-electron chi connectivity index (χ2n) is 10.4. The van der Waals surface area contributed by atoms with Gasteiger partial charge in [-0.3, -0.25) is 9.48 Å². The number of aldehydes is 1. The Morgan fingerprint density at radius 2 is 1.92 bits per heavy atom. The number of aryl methyl sites for hydroxylation is 1. The molecule has 0 spiro atoms. The molecule has 216 valence electrons. The highest BCUT2D eigenvalue weighted by Gasteiger charge is 2.23. The number of thiazole rings is 1. The average Bonchev–Trinajstić information content (AvgIpc) is 3.45. The molecule has 0 amide bonds. The van der Waals surface area contributed by atoms with Crippen molar-refractivity contribution in [3.05, 3.63) is 40.5 Å². The van der Waals surface area contributed by atoms with Gasteiger partial charge in [0.1, 0.15) is 0 Å². The molecule has 0 saturated heterocycles. The van der Waals surface area contributed by atoms with Gasteiger partial charge in [-0.2, -0.15) is 5.10 Å². The number of fused-ring (bicyclic) bond motifs is 2. The first-order valence-corrected chi connectivity index (χ1v) is 14.8. The molecule has 1 saturated carbocycles. The van der Waals surface area contributed by atoms with E-state index in [-0.39, 0.29) is 13.0 Å². The molecule has 0 bridgehead atoms. The zero-order valence-electron chi connectivity index (χ0n) is 23.5. The third kappa shape index (κ3) is 9.92. The minimum absolute atomic E-state index is 0.0312. The lowest BCUT2D eigenvalue weighted by molar-refractivity contribution is 0.000827. The lowest BCUT2D eigenvalue weighted by Gasteiger charge is -2.26. The van der Waals surface area contributed by atoms with E-state index >= 15 is 0 Å². The maximum absolute atomic E-state index is 12.9. The van der Waals surface area contributed by atoms with Gasteiger partial charge in [-0.25, -0.2) is 13.8 Å². The second kappa shape index (κ2) is 15.4. The number of rotatable bonds is 8. The van der Waals surface area contributed by atoms with Crippen molar-refractivity contribution >= 4 is 28.5 Å². The van der Waals surface area contributed by atoms with E-state index in [2.05, 4.69) is 20.7 Å². The van der Waals surface area contributed by atoms with Crippen LogP contribution < -0.4 is 10.5 Å². The molecule has 2 N–H and O–H groups in total. The van der Waals surface area contributed by atoms with E-state index in [1.807, 2.05) is 25.4 Å². The van der Waals surface area contributed by atoms with Crippen molar-refractivity contribution in [2.45, 2.75) is 70.6 Å². The van der Waals surface area contributed by atoms with Gasteiger partial charge in [-0.15, -0.1) is 0 Å². The lowest BCUT2D eigenvalue weighted by Crippen LogP contribution is -2.29. The molecule has 1 aromatic carbocycles. The van der Waals surface area contributed by atoms with Crippen molar-refractivity contribution in [2.75, 3.05) is 33.3 Å². The van der Waals surface area contributed by atoms with Gasteiger partial charge in [0.2, 0.25) is 5.92 Å². The molecular formula is C29H43F2N5O2S. The molecule has 10 heteroatoms. The first-order valence-electron chi connectivity index (χ1n) is 14.0. The summed E-state index contributed by atoms with van der Waals surface area (Å²) in [5.41, 5.74) is 7.17. The van der Waals surface area contributed by atoms with Crippen LogP contribution in [0.5, 0.6) is 5.19 Å². The number of nitrogens with two attached hydrogens (primary N) is 1. The molecule has 0 radical (unpaired) electrons. The van der Waals surface area contributed by atoms with Crippen LogP contribution in [0.25, 0.3) is 10.9 Å². The van der Waals surface area contributed by atoms with Gasteiger partial charge in [0.05, 0.1) is 17.8 Å². The zero-order chi connectivity index (χ0) is 28.3. The average molecular weight is 564 g/mol. The van der Waals surface area contributed by atoms with Gasteiger partial charge in [-0.05, 0) is 45.3 Å². The van der Waals surface area contributed by atoms with E-state index in [4.69, 9.17) is 4.74 Å². The highest BCUT2D eigenvalue weighted by Crippen LogP contribution is 2.30. The molecule has 2 aliphatic rings. The van der Waals surface area contributed by atoms with Crippen LogP contribution in [-0.2, 0) is 19.9 Å². The van der Waals surface area contributed by atoms with Gasteiger partial charge >= 0.3 is 0 Å². The Bertz CT molecular complexity index is 1130. The van der Waals surface area contributed by atoms with E-state index in [0.29, 0.717) is 10.8 Å². The fraction of sp³-hybridized carbons (Fsp3) is 0.621. The molecule has 1 fully saturated rings. The number of aromatic nitrogens is 3. The molecule has 2 aromatic heterocycles. The third-order valence-corrected chi connectivity index (χ3v) is 8.32. The Morgan fingerprint density at radius 1 is 1.18 bits per heavy atom. The molecular weight excluding hydrogens is 520 g/mol. The summed E-state index contributed by atoms with van der Waals surface area (Å²) in [6.45, 7) is 4.29. The normalized spacial score (nSPS) is 16.4. The van der Waals surface area contributed by atoms with Gasteiger partial charge in [0.15, 0.2) is 6.29 Å². The third-order valence-electron chi connectivity index (χ3n) is 7.25. The molecule has 3 aromatic rings. The first-order chi connectivity index (χ1) is 18.8. The van der Waals surface area contributed by atoms with Crippen LogP contribution in [0.4, 0.5) is 8.78 Å². The molecule has 39 heavy (non-hydrogen) atoms. The zero-order valence-corrected chi connectivity index (χ0v) is 24.3. The summed E-state index contributed by atoms with van der Waals surface area (Å²) in [6, 6.07) is 5.51. The van der Waals surface area contributed by atoms with Crippen molar-refractivity contribution in [3.63, 3.8) is 0 Å². The van der Waals surface area contributed by atoms with Gasteiger partial charge in [0.25, 0.3) is 5.19 Å². The van der Waals surface area contributed by atoms with Crippen LogP contribution in [0.15, 0.2) is 24.4 Å². The largest absolute Gasteiger partial charge is 0.470 e. The molecule has 0 unspecified atom stereocenters. The van der Waals surface area contributed by atoms with Crippen molar-refractivity contribution in [2.24, 2.45) is 18.7 Å². The summed E-state index contributed by atoms with van der Waals surface area (Å²) in [4.78, 5) is 19.0. The van der Waals surface area contributed by atoms with E-state index in [0.717, 1.165) is 61.7 Å². The molecule has 5 rings (SSSR count). The summed E-state index contributed by atoms with van der Waals surface area (Å²) >= 11 is 1.54. The van der Waals surface area contributed by atoms with Crippen LogP contribution >= 0.6 is 11.3 Å². The van der Waals surface area contributed by atoms with Crippen molar-refractivity contribution in [1.29, 1.82) is 0 Å². The second-order valence-corrected chi connectivity index (χ2v) is 11.4. The van der Waals surface area contributed by atoms with E-state index in [1.165, 1.54) is 57.0 Å². The topological polar surface area (TPSA) is 86.3 Å². The SMILES string of the molecule is CC(F)(F)CCOc1nc2c(s1)CCN(CCC1CCCCC1)CC2.CN.Cn1cc2c(C=O)cccc2n1. The maximum atomic E-state index is 12.9. The quantitative estimate of drug-likeness (QED) is 0.344. The Kier molecular flexibility index (Phi) is 12.3. The van der Waals surface area contributed by atoms with Crippen LogP contribution in [0.3, 0.4) is 0 Å². The van der Waals surface area contributed by atoms with Crippen LogP contribution in [0, 0.1) is 5.92 Å². The number of benzene rings is 1. The standard InChI is InChI=1S/C19H30F2N2OS.C9H8N2O.CH5N/c1-19(20,21)10-14-24-18-22-16-8-12-23(13-9-17(16)25-18)11-7-15-5-3-2-4-6-15;1-11-5-8-7(6-12)3-2-4-9(8)10-11;1-2/h15H,2-14H2,1H3;2-6H,1H3;2H2,1H3. The molecule has 1 aliphatic carbocycles. The maximum Gasteiger partial charge on any atom is 0.273 e. The monoisotopic (exact) mass is 563 g/mol. The minimum atomic E-state index is -2.67. The van der Waals surface area contributed by atoms with E-state index < -0.39 is 5.92 Å². The van der Waals surface area contributed by atoms with Gasteiger partial charge in [-0.1, -0.05) is 55.6 Å². The fourth-order valence-electron chi connectivity index (χ4n) is 5.12. The number of nitrogens with zero attached hydrogens (tertiary/aromatic N) is 4. The number of halogens is 2. The number of carbonyl (C=O) groups is 1. The predicted octanol–water partition coefficient (Wildman–Crippen LogP) is 5.90. The smallest absolute Gasteiger partial charge is 0.273 e. The van der Waals surface area contributed by atoms with Crippen molar-refractivity contribution in [3.8, 4) is 5.19 Å². The molecule has 3 heterocycles. The number of hydrogen-bond acceptors (Lipinski definition) is 7. The number of carbonyl (C=O) groups excluding carboxylic acids is 1. The summed E-state index contributed by atoms with van der Waals surface area (Å²) in [5.74, 6) is -1.74. The molecule has 1 aliphatic heterocycles. The highest BCUT2D eigenvalue weighted by molar-refractivity contribution is 7.13. The predicted molar refractivity (Wildman–Crippen MR) is 154 cm³/mol. The van der Waals surface area contributed by atoms with Gasteiger partial charge in [0, 0.05) is 55.0 Å². The first kappa shape index (κ1) is 31.1. The number of ether oxygens (including phenoxy) is 1. The summed E-state index contributed by atoms with van der Waals surface area (Å²) in [7, 11) is 3.34. The Hall–Kier alpha value is -2.43. The fourth-order valence-corrected chi connectivity index (χ4v) is 6.08. The highest BCUT2D eigenvalue weighted by atomic mass is 32.1. The lowest BCUT2D eigenvalue weighted by atomic mass is 9.87. The van der Waals surface area contributed by atoms with E-state index in [1.54, 1.807) is 22.1 Å². The molecule has 0 atom stereocenters. The summed E-state index contributed by atoms with van der Waals surface area (Å²) < 4.78 is 32.9. The van der Waals surface area contributed by atoms with Crippen molar-refractivity contribution < 1.29 is 18.3 Å². The van der Waals surface area contributed by atoms with Crippen LogP contribution in [-0.4, -0.2) is 65.2 Å². The van der Waals surface area contributed by atoms with E-state index in [9.17, 15) is 13.6 Å². The number of hydrogen-bond donors (Lipinski definition) is 1. The summed E-state index contributed by atoms with van der Waals surface area (Å²) in [5, 5.41) is 5.65. The Balaban J connectivity index is 0.000000250. The van der Waals surface area contributed by atoms with Crippen LogP contribution in [0.1, 0.15) is 72.8 Å². The summed E-state index contributed by atoms with van der Waals surface area (Å²) in [6.07, 6.45) is 12.8. The van der Waals surface area contributed by atoms with Crippen LogP contribution in [0.2, 0.25) is 0 Å². The van der Waals surface area contributed by atoms with Gasteiger partial charge < -0.3 is 15.4 Å². The Labute approximate surface area is 234 Å². The van der Waals surface area contributed by atoms with Crippen molar-refractivity contribution in [1.82, 2.24) is 19.7 Å². The number of alkyl halides is 2. The Morgan fingerprint density at radius 3 is 2.64 bits per heavy atom. The minimum Gasteiger partial charge on any atom is -0.470 e.